The second-order valence-corrected chi connectivity index (χ2v) is 4.93. The smallest absolute Gasteiger partial charge is 0.0750 e. The van der Waals surface area contributed by atoms with E-state index in [4.69, 9.17) is 0 Å². The summed E-state index contributed by atoms with van der Waals surface area (Å²) in [4.78, 5) is 0. The lowest BCUT2D eigenvalue weighted by molar-refractivity contribution is 0.158. The molecule has 0 radical (unpaired) electrons. The van der Waals surface area contributed by atoms with Gasteiger partial charge in [0, 0.05) is 0 Å². The van der Waals surface area contributed by atoms with Crippen molar-refractivity contribution in [3.05, 3.63) is 23.8 Å². The molecule has 1 heteroatoms. The van der Waals surface area contributed by atoms with Gasteiger partial charge in [-0.25, -0.2) is 0 Å². The molecule has 0 saturated heterocycles. The molecule has 1 nitrogen and oxygen atoms in total. The molecule has 1 aliphatic carbocycles. The average molecular weight is 194 g/mol. The van der Waals surface area contributed by atoms with E-state index in [9.17, 15) is 5.11 Å². The molecule has 0 bridgehead atoms. The second-order valence-electron chi connectivity index (χ2n) is 4.93. The largest absolute Gasteiger partial charge is 0.389 e. The molecule has 0 aromatic carbocycles. The molecule has 1 N–H and O–H groups in total. The topological polar surface area (TPSA) is 20.2 Å². The van der Waals surface area contributed by atoms with Crippen LogP contribution in [0.25, 0.3) is 0 Å². The first kappa shape index (κ1) is 11.5. The summed E-state index contributed by atoms with van der Waals surface area (Å²) < 4.78 is 0. The molecule has 0 aliphatic heterocycles. The third-order valence-electron chi connectivity index (χ3n) is 3.43. The Kier molecular flexibility index (Phi) is 3.54. The van der Waals surface area contributed by atoms with Crippen LogP contribution in [0.2, 0.25) is 0 Å². The molecular formula is C13H22O. The number of hydrogen-bond donors (Lipinski definition) is 1. The molecule has 0 saturated carbocycles. The van der Waals surface area contributed by atoms with Gasteiger partial charge in [-0.2, -0.15) is 0 Å². The fraction of sp³-hybridized carbons (Fsp3) is 0.692. The lowest BCUT2D eigenvalue weighted by atomic mass is 9.70. The van der Waals surface area contributed by atoms with Crippen molar-refractivity contribution in [2.75, 3.05) is 0 Å². The van der Waals surface area contributed by atoms with Crippen LogP contribution in [0.4, 0.5) is 0 Å². The normalized spacial score (nSPS) is 26.4. The van der Waals surface area contributed by atoms with Gasteiger partial charge >= 0.3 is 0 Å². The number of rotatable bonds is 3. The van der Waals surface area contributed by atoms with E-state index in [1.54, 1.807) is 0 Å². The van der Waals surface area contributed by atoms with Crippen LogP contribution >= 0.6 is 0 Å². The summed E-state index contributed by atoms with van der Waals surface area (Å²) in [5, 5.41) is 9.80. The Morgan fingerprint density at radius 3 is 2.79 bits per heavy atom. The van der Waals surface area contributed by atoms with Gasteiger partial charge in [0.05, 0.1) is 6.10 Å². The number of hydrogen-bond acceptors (Lipinski definition) is 1. The molecule has 0 aromatic rings. The van der Waals surface area contributed by atoms with E-state index in [1.807, 2.05) is 6.08 Å². The zero-order valence-corrected chi connectivity index (χ0v) is 9.64. The van der Waals surface area contributed by atoms with Crippen LogP contribution in [0.3, 0.4) is 0 Å². The highest BCUT2D eigenvalue weighted by atomic mass is 16.3. The van der Waals surface area contributed by atoms with E-state index in [0.29, 0.717) is 0 Å². The van der Waals surface area contributed by atoms with Crippen molar-refractivity contribution >= 4 is 0 Å². The van der Waals surface area contributed by atoms with E-state index in [2.05, 4.69) is 27.4 Å². The van der Waals surface area contributed by atoms with Crippen molar-refractivity contribution in [2.24, 2.45) is 5.41 Å². The summed E-state index contributed by atoms with van der Waals surface area (Å²) in [6.45, 7) is 10.4. The van der Waals surface area contributed by atoms with Crippen molar-refractivity contribution in [1.29, 1.82) is 0 Å². The van der Waals surface area contributed by atoms with E-state index >= 15 is 0 Å². The number of aliphatic hydroxyl groups is 1. The Morgan fingerprint density at radius 1 is 1.57 bits per heavy atom. The molecule has 0 fully saturated rings. The van der Waals surface area contributed by atoms with Crippen molar-refractivity contribution < 1.29 is 5.11 Å². The van der Waals surface area contributed by atoms with Crippen LogP contribution < -0.4 is 0 Å². The Bertz CT molecular complexity index is 248. The summed E-state index contributed by atoms with van der Waals surface area (Å²) in [5.41, 5.74) is 2.91. The Morgan fingerprint density at radius 2 is 2.21 bits per heavy atom. The summed E-state index contributed by atoms with van der Waals surface area (Å²) >= 11 is 0. The van der Waals surface area contributed by atoms with E-state index in [0.717, 1.165) is 25.7 Å². The average Bonchev–Trinajstić information content (AvgIpc) is 2.12. The summed E-state index contributed by atoms with van der Waals surface area (Å²) in [7, 11) is 0. The summed E-state index contributed by atoms with van der Waals surface area (Å²) in [6, 6.07) is 0. The van der Waals surface area contributed by atoms with Crippen LogP contribution in [-0.2, 0) is 0 Å². The summed E-state index contributed by atoms with van der Waals surface area (Å²) in [6.07, 6.45) is 5.83. The van der Waals surface area contributed by atoms with Crippen molar-refractivity contribution in [3.8, 4) is 0 Å². The third kappa shape index (κ3) is 2.27. The zero-order chi connectivity index (χ0) is 10.8. The highest BCUT2D eigenvalue weighted by Gasteiger charge is 2.31. The Labute approximate surface area is 87.5 Å². The maximum Gasteiger partial charge on any atom is 0.0750 e. The van der Waals surface area contributed by atoms with Crippen molar-refractivity contribution in [1.82, 2.24) is 0 Å². The number of aliphatic hydroxyl groups excluding tert-OH is 1. The lowest BCUT2D eigenvalue weighted by Crippen LogP contribution is -2.27. The van der Waals surface area contributed by atoms with Crippen molar-refractivity contribution in [2.45, 2.75) is 52.6 Å². The molecule has 80 valence electrons. The minimum absolute atomic E-state index is 0.206. The molecule has 0 amide bonds. The van der Waals surface area contributed by atoms with E-state index in [-0.39, 0.29) is 11.5 Å². The molecule has 1 unspecified atom stereocenters. The maximum atomic E-state index is 9.80. The first-order chi connectivity index (χ1) is 6.49. The fourth-order valence-corrected chi connectivity index (χ4v) is 2.38. The molecule has 1 rings (SSSR count). The Balaban J connectivity index is 2.90. The Hall–Kier alpha value is -0.560. The minimum Gasteiger partial charge on any atom is -0.389 e. The lowest BCUT2D eigenvalue weighted by Gasteiger charge is -2.37. The van der Waals surface area contributed by atoms with Gasteiger partial charge in [0.2, 0.25) is 0 Å². The van der Waals surface area contributed by atoms with Gasteiger partial charge in [0.1, 0.15) is 0 Å². The predicted molar refractivity (Wildman–Crippen MR) is 61.2 cm³/mol. The summed E-state index contributed by atoms with van der Waals surface area (Å²) in [5.74, 6) is 0. The van der Waals surface area contributed by atoms with Gasteiger partial charge in [-0.3, -0.25) is 0 Å². The quantitative estimate of drug-likeness (QED) is 0.682. The van der Waals surface area contributed by atoms with Gasteiger partial charge in [0.15, 0.2) is 0 Å². The molecule has 1 aliphatic rings. The van der Waals surface area contributed by atoms with Crippen LogP contribution in [0.15, 0.2) is 23.8 Å². The van der Waals surface area contributed by atoms with Gasteiger partial charge < -0.3 is 5.11 Å². The van der Waals surface area contributed by atoms with Gasteiger partial charge in [0.25, 0.3) is 0 Å². The monoisotopic (exact) mass is 194 g/mol. The molecular weight excluding hydrogens is 172 g/mol. The van der Waals surface area contributed by atoms with Crippen LogP contribution in [0, 0.1) is 5.41 Å². The third-order valence-corrected chi connectivity index (χ3v) is 3.43. The highest BCUT2D eigenvalue weighted by molar-refractivity contribution is 5.25. The predicted octanol–water partition coefficient (Wildman–Crippen LogP) is 3.45. The zero-order valence-electron chi connectivity index (χ0n) is 9.64. The van der Waals surface area contributed by atoms with Crippen LogP contribution in [0.5, 0.6) is 0 Å². The molecule has 14 heavy (non-hydrogen) atoms. The second kappa shape index (κ2) is 4.31. The van der Waals surface area contributed by atoms with Crippen LogP contribution in [-0.4, -0.2) is 11.2 Å². The fourth-order valence-electron chi connectivity index (χ4n) is 2.38. The van der Waals surface area contributed by atoms with Crippen molar-refractivity contribution in [3.63, 3.8) is 0 Å². The standard InChI is InChI=1S/C13H22O/c1-5-6-7-11-10(2)12(14)8-9-13(11,3)4/h5,12,14H,1,6-9H2,2-4H3. The molecule has 0 heterocycles. The molecule has 1 atom stereocenters. The van der Waals surface area contributed by atoms with E-state index in [1.165, 1.54) is 11.1 Å². The molecule has 0 spiro atoms. The first-order valence-electron chi connectivity index (χ1n) is 5.48. The first-order valence-corrected chi connectivity index (χ1v) is 5.48. The van der Waals surface area contributed by atoms with Gasteiger partial charge in [-0.05, 0) is 43.6 Å². The van der Waals surface area contributed by atoms with Gasteiger partial charge in [-0.15, -0.1) is 6.58 Å². The minimum atomic E-state index is -0.206. The highest BCUT2D eigenvalue weighted by Crippen LogP contribution is 2.42. The van der Waals surface area contributed by atoms with Gasteiger partial charge in [-0.1, -0.05) is 25.5 Å². The van der Waals surface area contributed by atoms with E-state index < -0.39 is 0 Å². The number of allylic oxidation sites excluding steroid dienone is 2. The van der Waals surface area contributed by atoms with Crippen LogP contribution in [0.1, 0.15) is 46.5 Å². The SMILES string of the molecule is C=CCCC1=C(C)C(O)CCC1(C)C. The maximum absolute atomic E-state index is 9.80. The molecule has 0 aromatic heterocycles.